The predicted octanol–water partition coefficient (Wildman–Crippen LogP) is 6.03. The molecule has 2 rings (SSSR count). The van der Waals surface area contributed by atoms with Gasteiger partial charge in [0.2, 0.25) is 11.4 Å². The largest absolute Gasteiger partial charge is 0.292 e. The molecular weight excluding hydrogens is 314 g/mol. The van der Waals surface area contributed by atoms with Crippen LogP contribution < -0.4 is 4.58 Å². The molecule has 0 unspecified atom stereocenters. The highest BCUT2D eigenvalue weighted by Crippen LogP contribution is 2.32. The Morgan fingerprint density at radius 2 is 1.43 bits per heavy atom. The van der Waals surface area contributed by atoms with Gasteiger partial charge in [-0.3, -0.25) is 0 Å². The number of hydrogen-bond donors (Lipinski definition) is 0. The second kappa shape index (κ2) is 9.23. The number of para-hydroxylation sites is 2. The average molecular weight is 335 g/mol. The van der Waals surface area contributed by atoms with E-state index < -0.39 is 0 Å². The second-order valence-electron chi connectivity index (χ2n) is 4.38. The highest BCUT2D eigenvalue weighted by atomic mass is 33.1. The molecule has 0 spiro atoms. The molecule has 0 aliphatic heterocycles. The lowest BCUT2D eigenvalue weighted by Gasteiger charge is -2.07. The van der Waals surface area contributed by atoms with Crippen LogP contribution in [0, 0.1) is 0 Å². The number of benzene rings is 2. The van der Waals surface area contributed by atoms with Crippen molar-refractivity contribution in [1.29, 1.82) is 0 Å². The summed E-state index contributed by atoms with van der Waals surface area (Å²) in [5, 5.41) is 0. The summed E-state index contributed by atoms with van der Waals surface area (Å²) in [7, 11) is 3.79. The predicted molar refractivity (Wildman–Crippen MR) is 103 cm³/mol. The van der Waals surface area contributed by atoms with Crippen molar-refractivity contribution >= 4 is 49.1 Å². The fourth-order valence-corrected chi connectivity index (χ4v) is 5.48. The molecule has 0 aromatic heterocycles. The molecule has 0 fully saturated rings. The number of nitrogens with zero attached hydrogens (tertiary/aromatic N) is 1. The Morgan fingerprint density at radius 3 is 1.86 bits per heavy atom. The molecule has 0 bridgehead atoms. The van der Waals surface area contributed by atoms with E-state index in [9.17, 15) is 0 Å². The highest BCUT2D eigenvalue weighted by molar-refractivity contribution is 8.86. The number of hydrogen-bond acceptors (Lipinski definition) is 3. The summed E-state index contributed by atoms with van der Waals surface area (Å²) in [6.07, 6.45) is 3.35. The molecule has 0 amide bonds. The summed E-state index contributed by atoms with van der Waals surface area (Å²) < 4.78 is 3.63. The normalized spacial score (nSPS) is 10.4. The molecule has 2 aromatic rings. The van der Waals surface area contributed by atoms with Gasteiger partial charge in [0, 0.05) is 40.8 Å². The van der Waals surface area contributed by atoms with Crippen LogP contribution in [0.1, 0.15) is 13.3 Å². The van der Waals surface area contributed by atoms with Crippen LogP contribution in [-0.4, -0.2) is 16.4 Å². The lowest BCUT2D eigenvalue weighted by molar-refractivity contribution is 1.10. The zero-order valence-corrected chi connectivity index (χ0v) is 14.8. The van der Waals surface area contributed by atoms with E-state index in [0.717, 1.165) is 0 Å². The van der Waals surface area contributed by atoms with Crippen LogP contribution >= 0.6 is 33.3 Å². The van der Waals surface area contributed by atoms with Gasteiger partial charge in [-0.1, -0.05) is 65.9 Å². The van der Waals surface area contributed by atoms with E-state index >= 15 is 0 Å². The quantitative estimate of drug-likeness (QED) is 0.216. The molecule has 1 nitrogen and oxygen atoms in total. The Kier molecular flexibility index (Phi) is 7.27. The Morgan fingerprint density at radius 1 is 0.905 bits per heavy atom. The minimum absolute atomic E-state index is 1.17. The summed E-state index contributed by atoms with van der Waals surface area (Å²) in [4.78, 5) is 0. The Bertz CT molecular complexity index is 526. The van der Waals surface area contributed by atoms with Crippen LogP contribution in [0.4, 0.5) is 11.4 Å². The van der Waals surface area contributed by atoms with Gasteiger partial charge in [0.15, 0.2) is 0 Å². The van der Waals surface area contributed by atoms with Gasteiger partial charge in [0.1, 0.15) is 0 Å². The molecule has 0 heterocycles. The van der Waals surface area contributed by atoms with Gasteiger partial charge in [-0.2, -0.15) is 0 Å². The van der Waals surface area contributed by atoms with E-state index in [-0.39, 0.29) is 0 Å². The first-order chi connectivity index (χ1) is 10.4. The molecule has 0 aliphatic carbocycles. The number of thioether (sulfide) groups is 1. The lowest BCUT2D eigenvalue weighted by atomic mass is 10.2. The van der Waals surface area contributed by atoms with Crippen molar-refractivity contribution in [1.82, 2.24) is 4.58 Å². The van der Waals surface area contributed by atoms with Gasteiger partial charge in [-0.05, 0) is 12.7 Å². The Balaban J connectivity index is 2.44. The van der Waals surface area contributed by atoms with E-state index in [1.54, 1.807) is 11.8 Å². The third-order valence-corrected chi connectivity index (χ3v) is 6.75. The SMILES string of the molecule is CCCSSC(SC)=[N+](c1ccccc1)c1ccccc1. The molecule has 110 valence electrons. The van der Waals surface area contributed by atoms with Crippen molar-refractivity contribution in [3.8, 4) is 0 Å². The fraction of sp³-hybridized carbons (Fsp3) is 0.235. The fourth-order valence-electron chi connectivity index (χ4n) is 1.85. The van der Waals surface area contributed by atoms with Gasteiger partial charge in [-0.25, -0.2) is 0 Å². The average Bonchev–Trinajstić information content (AvgIpc) is 2.56. The molecule has 0 aliphatic rings. The standard InChI is InChI=1S/C17H20NS3/c1-3-14-20-21-17(19-2)18(15-10-6-4-7-11-15)16-12-8-5-9-13-16/h4-13H,3,14H2,1-2H3/q+1. The zero-order valence-electron chi connectivity index (χ0n) is 12.4. The lowest BCUT2D eigenvalue weighted by Crippen LogP contribution is -2.10. The first-order valence-corrected chi connectivity index (χ1v) is 10.5. The minimum atomic E-state index is 1.17. The van der Waals surface area contributed by atoms with E-state index in [2.05, 4.69) is 78.4 Å². The number of rotatable bonds is 5. The van der Waals surface area contributed by atoms with E-state index in [4.69, 9.17) is 0 Å². The van der Waals surface area contributed by atoms with Crippen molar-refractivity contribution in [2.24, 2.45) is 0 Å². The summed E-state index contributed by atoms with van der Waals surface area (Å²) in [6, 6.07) is 21.1. The van der Waals surface area contributed by atoms with Gasteiger partial charge in [0.05, 0.1) is 0 Å². The molecule has 21 heavy (non-hydrogen) atoms. The monoisotopic (exact) mass is 334 g/mol. The smallest absolute Gasteiger partial charge is 0.142 e. The second-order valence-corrected chi connectivity index (χ2v) is 7.84. The van der Waals surface area contributed by atoms with Gasteiger partial charge in [0.25, 0.3) is 4.38 Å². The van der Waals surface area contributed by atoms with Crippen LogP contribution in [0.5, 0.6) is 0 Å². The van der Waals surface area contributed by atoms with E-state index in [1.165, 1.54) is 27.9 Å². The van der Waals surface area contributed by atoms with Crippen molar-refractivity contribution in [2.75, 3.05) is 12.0 Å². The molecule has 0 N–H and O–H groups in total. The van der Waals surface area contributed by atoms with Gasteiger partial charge in [-0.15, -0.1) is 4.58 Å². The van der Waals surface area contributed by atoms with Crippen molar-refractivity contribution in [3.63, 3.8) is 0 Å². The Labute approximate surface area is 139 Å². The van der Waals surface area contributed by atoms with E-state index in [1.807, 2.05) is 21.6 Å². The molecule has 2 aromatic carbocycles. The van der Waals surface area contributed by atoms with Crippen molar-refractivity contribution in [2.45, 2.75) is 13.3 Å². The topological polar surface area (TPSA) is 3.01 Å². The third-order valence-electron chi connectivity index (χ3n) is 2.80. The zero-order chi connectivity index (χ0) is 14.9. The maximum atomic E-state index is 2.33. The van der Waals surface area contributed by atoms with Crippen LogP contribution in [-0.2, 0) is 0 Å². The summed E-state index contributed by atoms with van der Waals surface area (Å²) >= 11 is 1.80. The van der Waals surface area contributed by atoms with Crippen LogP contribution in [0.2, 0.25) is 0 Å². The van der Waals surface area contributed by atoms with Crippen molar-refractivity contribution < 1.29 is 0 Å². The van der Waals surface area contributed by atoms with Gasteiger partial charge >= 0.3 is 0 Å². The molecule has 0 saturated carbocycles. The third kappa shape index (κ3) is 4.83. The molecule has 0 saturated heterocycles. The molecule has 0 radical (unpaired) electrons. The molecular formula is C17H20NS3+. The van der Waals surface area contributed by atoms with Crippen LogP contribution in [0.3, 0.4) is 0 Å². The highest BCUT2D eigenvalue weighted by Gasteiger charge is 2.20. The summed E-state index contributed by atoms with van der Waals surface area (Å²) in [6.45, 7) is 2.22. The summed E-state index contributed by atoms with van der Waals surface area (Å²) in [5.41, 5.74) is 2.41. The van der Waals surface area contributed by atoms with Crippen LogP contribution in [0.25, 0.3) is 0 Å². The minimum Gasteiger partial charge on any atom is -0.142 e. The maximum Gasteiger partial charge on any atom is 0.292 e. The van der Waals surface area contributed by atoms with Crippen LogP contribution in [0.15, 0.2) is 60.7 Å². The molecule has 0 atom stereocenters. The first-order valence-electron chi connectivity index (χ1n) is 6.97. The Hall–Kier alpha value is -0.840. The maximum absolute atomic E-state index is 2.33. The molecule has 4 heteroatoms. The van der Waals surface area contributed by atoms with Crippen molar-refractivity contribution in [3.05, 3.63) is 60.7 Å². The first kappa shape index (κ1) is 16.5. The van der Waals surface area contributed by atoms with E-state index in [0.29, 0.717) is 0 Å². The summed E-state index contributed by atoms with van der Waals surface area (Å²) in [5.74, 6) is 1.17. The van der Waals surface area contributed by atoms with Gasteiger partial charge < -0.3 is 0 Å².